The summed E-state index contributed by atoms with van der Waals surface area (Å²) in [4.78, 5) is 25.5. The van der Waals surface area contributed by atoms with Crippen molar-refractivity contribution in [3.8, 4) is 11.1 Å². The quantitative estimate of drug-likeness (QED) is 0.581. The van der Waals surface area contributed by atoms with E-state index < -0.39 is 0 Å². The number of pyridine rings is 3. The van der Waals surface area contributed by atoms with Crippen LogP contribution in [0.15, 0.2) is 79.8 Å². The fraction of sp³-hybridized carbons (Fsp3) is 0.0435. The van der Waals surface area contributed by atoms with Gasteiger partial charge in [-0.1, -0.05) is 36.9 Å². The molecule has 0 atom stereocenters. The Morgan fingerprint density at radius 2 is 1.79 bits per heavy atom. The Balaban J connectivity index is 1.53. The molecule has 28 heavy (non-hydrogen) atoms. The van der Waals surface area contributed by atoms with Crippen LogP contribution < -0.4 is 5.32 Å². The van der Waals surface area contributed by atoms with E-state index in [2.05, 4.69) is 26.8 Å². The second kappa shape index (κ2) is 7.40. The molecular weight excluding hydrogens is 348 g/mol. The number of hydrogen-bond donors (Lipinski definition) is 1. The molecular formula is C23H18N4O. The van der Waals surface area contributed by atoms with Crippen LogP contribution in [0.1, 0.15) is 21.6 Å². The molecule has 5 nitrogen and oxygen atoms in total. The van der Waals surface area contributed by atoms with E-state index in [1.54, 1.807) is 25.4 Å². The Hall–Kier alpha value is -3.86. The molecule has 136 valence electrons. The van der Waals surface area contributed by atoms with Gasteiger partial charge in [-0.05, 0) is 47.9 Å². The number of benzene rings is 1. The highest BCUT2D eigenvalue weighted by molar-refractivity contribution is 6.02. The van der Waals surface area contributed by atoms with Gasteiger partial charge >= 0.3 is 0 Å². The zero-order chi connectivity index (χ0) is 19.5. The van der Waals surface area contributed by atoms with E-state index in [-0.39, 0.29) is 5.91 Å². The van der Waals surface area contributed by atoms with Crippen molar-refractivity contribution in [1.29, 1.82) is 0 Å². The van der Waals surface area contributed by atoms with Crippen molar-refractivity contribution in [2.75, 3.05) is 0 Å². The van der Waals surface area contributed by atoms with E-state index in [9.17, 15) is 4.79 Å². The van der Waals surface area contributed by atoms with Crippen LogP contribution >= 0.6 is 0 Å². The Morgan fingerprint density at radius 1 is 1.00 bits per heavy atom. The first-order chi connectivity index (χ1) is 13.6. The molecule has 1 aromatic carbocycles. The van der Waals surface area contributed by atoms with Crippen LogP contribution in [0, 0.1) is 6.92 Å². The minimum Gasteiger partial charge on any atom is -0.322 e. The van der Waals surface area contributed by atoms with E-state index >= 15 is 0 Å². The summed E-state index contributed by atoms with van der Waals surface area (Å²) < 4.78 is 0. The van der Waals surface area contributed by atoms with E-state index in [4.69, 9.17) is 0 Å². The lowest BCUT2D eigenvalue weighted by Gasteiger charge is -2.11. The van der Waals surface area contributed by atoms with Gasteiger partial charge in [-0.15, -0.1) is 0 Å². The van der Waals surface area contributed by atoms with Crippen LogP contribution in [-0.4, -0.2) is 20.9 Å². The van der Waals surface area contributed by atoms with E-state index in [0.29, 0.717) is 22.6 Å². The summed E-state index contributed by atoms with van der Waals surface area (Å²) in [6.45, 7) is 5.81. The third-order valence-electron chi connectivity index (χ3n) is 4.52. The van der Waals surface area contributed by atoms with E-state index in [1.807, 2.05) is 54.7 Å². The number of amides is 1. The summed E-state index contributed by atoms with van der Waals surface area (Å²) in [5, 5.41) is 3.69. The first kappa shape index (κ1) is 17.5. The summed E-state index contributed by atoms with van der Waals surface area (Å²) in [5.41, 5.74) is 5.23. The molecule has 0 fully saturated rings. The lowest BCUT2D eigenvalue weighted by atomic mass is 10.0. The third kappa shape index (κ3) is 3.50. The molecule has 4 rings (SSSR count). The molecule has 0 saturated heterocycles. The molecule has 0 aliphatic heterocycles. The Kier molecular flexibility index (Phi) is 4.64. The summed E-state index contributed by atoms with van der Waals surface area (Å²) in [7, 11) is 0. The van der Waals surface area contributed by atoms with Gasteiger partial charge in [0.25, 0.3) is 5.91 Å². The standard InChI is InChI=1S/C23H18N4O/c1-15(17-7-9-18(10-8-17)20-6-3-11-24-14-20)27-23(28)21-13-19-5-4-12-25-22(19)26-16(21)2/h3-14H,1H2,2H3,(H,27,28). The summed E-state index contributed by atoms with van der Waals surface area (Å²) in [6.07, 6.45) is 5.25. The Labute approximate surface area is 162 Å². The van der Waals surface area contributed by atoms with Gasteiger partial charge in [-0.2, -0.15) is 0 Å². The zero-order valence-corrected chi connectivity index (χ0v) is 15.4. The predicted octanol–water partition coefficient (Wildman–Crippen LogP) is 4.40. The first-order valence-corrected chi connectivity index (χ1v) is 8.85. The molecule has 0 aliphatic rings. The van der Waals surface area contributed by atoms with Gasteiger partial charge in [0.15, 0.2) is 5.65 Å². The molecule has 0 unspecified atom stereocenters. The molecule has 0 spiro atoms. The van der Waals surface area contributed by atoms with Gasteiger partial charge in [0.05, 0.1) is 11.3 Å². The lowest BCUT2D eigenvalue weighted by molar-refractivity contribution is 0.0973. The van der Waals surface area contributed by atoms with Crippen LogP contribution in [-0.2, 0) is 0 Å². The number of hydrogen-bond acceptors (Lipinski definition) is 4. The van der Waals surface area contributed by atoms with E-state index in [0.717, 1.165) is 22.1 Å². The number of nitrogens with zero attached hydrogens (tertiary/aromatic N) is 3. The van der Waals surface area contributed by atoms with Gasteiger partial charge in [0.1, 0.15) is 0 Å². The fourth-order valence-electron chi connectivity index (χ4n) is 3.00. The van der Waals surface area contributed by atoms with Crippen LogP contribution in [0.3, 0.4) is 0 Å². The summed E-state index contributed by atoms with van der Waals surface area (Å²) in [6, 6.07) is 17.2. The maximum absolute atomic E-state index is 12.7. The topological polar surface area (TPSA) is 67.8 Å². The number of carbonyl (C=O) groups excluding carboxylic acids is 1. The highest BCUT2D eigenvalue weighted by Crippen LogP contribution is 2.21. The summed E-state index contributed by atoms with van der Waals surface area (Å²) >= 11 is 0. The fourth-order valence-corrected chi connectivity index (χ4v) is 3.00. The normalized spacial score (nSPS) is 10.6. The van der Waals surface area contributed by atoms with Crippen molar-refractivity contribution >= 4 is 22.6 Å². The van der Waals surface area contributed by atoms with Crippen molar-refractivity contribution in [3.05, 3.63) is 96.6 Å². The average Bonchev–Trinajstić information content (AvgIpc) is 2.74. The minimum absolute atomic E-state index is 0.239. The lowest BCUT2D eigenvalue weighted by Crippen LogP contribution is -2.22. The highest BCUT2D eigenvalue weighted by atomic mass is 16.1. The largest absolute Gasteiger partial charge is 0.322 e. The van der Waals surface area contributed by atoms with Gasteiger partial charge < -0.3 is 5.32 Å². The highest BCUT2D eigenvalue weighted by Gasteiger charge is 2.13. The molecule has 1 amide bonds. The van der Waals surface area contributed by atoms with Gasteiger partial charge in [0.2, 0.25) is 0 Å². The zero-order valence-electron chi connectivity index (χ0n) is 15.4. The van der Waals surface area contributed by atoms with Gasteiger partial charge in [0, 0.05) is 29.7 Å². The Bertz CT molecular complexity index is 1170. The second-order valence-electron chi connectivity index (χ2n) is 6.42. The maximum atomic E-state index is 12.7. The molecule has 0 bridgehead atoms. The smallest absolute Gasteiger partial charge is 0.257 e. The molecule has 3 heterocycles. The van der Waals surface area contributed by atoms with Crippen LogP contribution in [0.25, 0.3) is 27.9 Å². The molecule has 0 radical (unpaired) electrons. The molecule has 4 aromatic rings. The average molecular weight is 366 g/mol. The van der Waals surface area contributed by atoms with Crippen molar-refractivity contribution < 1.29 is 4.79 Å². The SMILES string of the molecule is C=C(NC(=O)c1cc2cccnc2nc1C)c1ccc(-c2cccnc2)cc1. The van der Waals surface area contributed by atoms with Gasteiger partial charge in [-0.25, -0.2) is 9.97 Å². The number of nitrogens with one attached hydrogen (secondary N) is 1. The first-order valence-electron chi connectivity index (χ1n) is 8.85. The summed E-state index contributed by atoms with van der Waals surface area (Å²) in [5.74, 6) is -0.239. The molecule has 5 heteroatoms. The number of aryl methyl sites for hydroxylation is 1. The number of fused-ring (bicyclic) bond motifs is 1. The van der Waals surface area contributed by atoms with Crippen molar-refractivity contribution in [2.24, 2.45) is 0 Å². The molecule has 0 aliphatic carbocycles. The molecule has 1 N–H and O–H groups in total. The van der Waals surface area contributed by atoms with Crippen molar-refractivity contribution in [2.45, 2.75) is 6.92 Å². The predicted molar refractivity (Wildman–Crippen MR) is 110 cm³/mol. The number of rotatable bonds is 4. The second-order valence-corrected chi connectivity index (χ2v) is 6.42. The third-order valence-corrected chi connectivity index (χ3v) is 4.52. The number of aromatic nitrogens is 3. The monoisotopic (exact) mass is 366 g/mol. The van der Waals surface area contributed by atoms with Crippen LogP contribution in [0.4, 0.5) is 0 Å². The minimum atomic E-state index is -0.239. The van der Waals surface area contributed by atoms with E-state index in [1.165, 1.54) is 0 Å². The number of carbonyl (C=O) groups is 1. The molecule has 3 aromatic heterocycles. The van der Waals surface area contributed by atoms with Crippen molar-refractivity contribution in [1.82, 2.24) is 20.3 Å². The van der Waals surface area contributed by atoms with Gasteiger partial charge in [-0.3, -0.25) is 9.78 Å². The molecule has 0 saturated carbocycles. The van der Waals surface area contributed by atoms with Crippen molar-refractivity contribution in [3.63, 3.8) is 0 Å². The van der Waals surface area contributed by atoms with Crippen LogP contribution in [0.5, 0.6) is 0 Å². The maximum Gasteiger partial charge on any atom is 0.257 e. The Morgan fingerprint density at radius 3 is 2.54 bits per heavy atom. The van der Waals surface area contributed by atoms with Crippen LogP contribution in [0.2, 0.25) is 0 Å².